The van der Waals surface area contributed by atoms with E-state index in [0.29, 0.717) is 17.3 Å². The molecule has 0 aliphatic heterocycles. The standard InChI is InChI=1S/C17H17N3O3/c1-22-15-9-5-6-12(17(15)23-2)10-18-20-14-8-4-3-7-13(14)19-16(20)11-21/h3-10,21H,11H2,1-2H3. The third kappa shape index (κ3) is 2.76. The van der Waals surface area contributed by atoms with E-state index in [-0.39, 0.29) is 6.61 Å². The first-order chi connectivity index (χ1) is 11.3. The Morgan fingerprint density at radius 2 is 1.96 bits per heavy atom. The summed E-state index contributed by atoms with van der Waals surface area (Å²) in [6.07, 6.45) is 1.66. The Hall–Kier alpha value is -2.86. The smallest absolute Gasteiger partial charge is 0.169 e. The molecule has 118 valence electrons. The Balaban J connectivity index is 2.07. The molecule has 0 fully saturated rings. The van der Waals surface area contributed by atoms with Gasteiger partial charge in [0.25, 0.3) is 0 Å². The number of methoxy groups -OCH3 is 2. The van der Waals surface area contributed by atoms with Gasteiger partial charge in [-0.15, -0.1) is 0 Å². The largest absolute Gasteiger partial charge is 0.493 e. The van der Waals surface area contributed by atoms with Crippen LogP contribution in [0.1, 0.15) is 11.4 Å². The van der Waals surface area contributed by atoms with E-state index in [9.17, 15) is 5.11 Å². The zero-order chi connectivity index (χ0) is 16.2. The number of imidazole rings is 1. The van der Waals surface area contributed by atoms with Crippen molar-refractivity contribution in [2.45, 2.75) is 6.61 Å². The molecule has 0 bridgehead atoms. The van der Waals surface area contributed by atoms with Crippen LogP contribution in [0.5, 0.6) is 11.5 Å². The predicted molar refractivity (Wildman–Crippen MR) is 88.2 cm³/mol. The molecule has 3 aromatic rings. The summed E-state index contributed by atoms with van der Waals surface area (Å²) < 4.78 is 12.3. The molecule has 1 N–H and O–H groups in total. The minimum atomic E-state index is -0.193. The minimum Gasteiger partial charge on any atom is -0.493 e. The van der Waals surface area contributed by atoms with Crippen LogP contribution in [0.25, 0.3) is 11.0 Å². The number of hydrogen-bond donors (Lipinski definition) is 1. The summed E-state index contributed by atoms with van der Waals surface area (Å²) in [5.41, 5.74) is 2.38. The lowest BCUT2D eigenvalue weighted by Crippen LogP contribution is -2.00. The highest BCUT2D eigenvalue weighted by molar-refractivity contribution is 5.86. The highest BCUT2D eigenvalue weighted by atomic mass is 16.5. The number of benzene rings is 2. The predicted octanol–water partition coefficient (Wildman–Crippen LogP) is 2.43. The quantitative estimate of drug-likeness (QED) is 0.735. The average molecular weight is 311 g/mol. The maximum Gasteiger partial charge on any atom is 0.169 e. The van der Waals surface area contributed by atoms with Crippen LogP contribution < -0.4 is 9.47 Å². The van der Waals surface area contributed by atoms with Crippen LogP contribution >= 0.6 is 0 Å². The molecule has 1 aromatic heterocycles. The van der Waals surface area contributed by atoms with Gasteiger partial charge in [-0.25, -0.2) is 9.66 Å². The molecule has 0 unspecified atom stereocenters. The molecule has 6 nitrogen and oxygen atoms in total. The van der Waals surface area contributed by atoms with Crippen LogP contribution in [-0.2, 0) is 6.61 Å². The number of para-hydroxylation sites is 3. The molecule has 3 rings (SSSR count). The van der Waals surface area contributed by atoms with Crippen molar-refractivity contribution in [1.82, 2.24) is 9.66 Å². The fourth-order valence-electron chi connectivity index (χ4n) is 2.43. The van der Waals surface area contributed by atoms with Gasteiger partial charge in [0.15, 0.2) is 17.3 Å². The van der Waals surface area contributed by atoms with E-state index >= 15 is 0 Å². The SMILES string of the molecule is COc1cccc(C=Nn2c(CO)nc3ccccc32)c1OC. The number of aromatic nitrogens is 2. The summed E-state index contributed by atoms with van der Waals surface area (Å²) in [6, 6.07) is 13.2. The van der Waals surface area contributed by atoms with E-state index in [4.69, 9.17) is 9.47 Å². The summed E-state index contributed by atoms with van der Waals surface area (Å²) in [7, 11) is 3.17. The summed E-state index contributed by atoms with van der Waals surface area (Å²) >= 11 is 0. The van der Waals surface area contributed by atoms with Gasteiger partial charge in [0.05, 0.1) is 31.5 Å². The lowest BCUT2D eigenvalue weighted by atomic mass is 10.2. The van der Waals surface area contributed by atoms with Gasteiger partial charge < -0.3 is 14.6 Å². The molecule has 0 atom stereocenters. The van der Waals surface area contributed by atoms with Gasteiger partial charge in [-0.05, 0) is 24.3 Å². The van der Waals surface area contributed by atoms with Crippen molar-refractivity contribution in [3.63, 3.8) is 0 Å². The summed E-state index contributed by atoms with van der Waals surface area (Å²) in [4.78, 5) is 4.36. The van der Waals surface area contributed by atoms with Crippen molar-refractivity contribution < 1.29 is 14.6 Å². The number of nitrogens with zero attached hydrogens (tertiary/aromatic N) is 3. The minimum absolute atomic E-state index is 0.193. The average Bonchev–Trinajstić information content (AvgIpc) is 2.97. The molecule has 0 radical (unpaired) electrons. The van der Waals surface area contributed by atoms with E-state index in [1.54, 1.807) is 25.1 Å². The number of rotatable bonds is 5. The number of aliphatic hydroxyl groups excluding tert-OH is 1. The van der Waals surface area contributed by atoms with Gasteiger partial charge in [0, 0.05) is 5.56 Å². The van der Waals surface area contributed by atoms with Gasteiger partial charge in [-0.2, -0.15) is 5.10 Å². The Bertz CT molecular complexity index is 855. The van der Waals surface area contributed by atoms with Gasteiger partial charge >= 0.3 is 0 Å². The molecule has 0 amide bonds. The number of hydrogen-bond acceptors (Lipinski definition) is 5. The molecule has 0 aliphatic rings. The molecule has 23 heavy (non-hydrogen) atoms. The fourth-order valence-corrected chi connectivity index (χ4v) is 2.43. The first-order valence-corrected chi connectivity index (χ1v) is 7.11. The number of aliphatic hydroxyl groups is 1. The number of fused-ring (bicyclic) bond motifs is 1. The van der Waals surface area contributed by atoms with Gasteiger partial charge in [0.2, 0.25) is 0 Å². The molecule has 2 aromatic carbocycles. The summed E-state index contributed by atoms with van der Waals surface area (Å²) in [5.74, 6) is 1.72. The monoisotopic (exact) mass is 311 g/mol. The zero-order valence-electron chi connectivity index (χ0n) is 12.9. The Labute approximate surface area is 133 Å². The van der Waals surface area contributed by atoms with Crippen molar-refractivity contribution in [2.24, 2.45) is 5.10 Å². The molecular weight excluding hydrogens is 294 g/mol. The van der Waals surface area contributed by atoms with Crippen molar-refractivity contribution >= 4 is 17.2 Å². The molecule has 0 spiro atoms. The van der Waals surface area contributed by atoms with Crippen LogP contribution in [0.15, 0.2) is 47.6 Å². The first kappa shape index (κ1) is 15.1. The molecule has 0 saturated heterocycles. The highest BCUT2D eigenvalue weighted by Gasteiger charge is 2.10. The second-order valence-electron chi connectivity index (χ2n) is 4.81. The van der Waals surface area contributed by atoms with E-state index in [1.807, 2.05) is 42.5 Å². The molecular formula is C17H17N3O3. The zero-order valence-corrected chi connectivity index (χ0v) is 12.9. The van der Waals surface area contributed by atoms with Gasteiger partial charge in [-0.3, -0.25) is 0 Å². The first-order valence-electron chi connectivity index (χ1n) is 7.11. The lowest BCUT2D eigenvalue weighted by Gasteiger charge is -2.09. The van der Waals surface area contributed by atoms with Crippen molar-refractivity contribution in [3.05, 3.63) is 53.9 Å². The molecule has 0 saturated carbocycles. The molecule has 6 heteroatoms. The van der Waals surface area contributed by atoms with E-state index < -0.39 is 0 Å². The lowest BCUT2D eigenvalue weighted by molar-refractivity contribution is 0.267. The van der Waals surface area contributed by atoms with Crippen molar-refractivity contribution in [1.29, 1.82) is 0 Å². The topological polar surface area (TPSA) is 68.9 Å². The third-order valence-electron chi connectivity index (χ3n) is 3.49. The van der Waals surface area contributed by atoms with Gasteiger partial charge in [-0.1, -0.05) is 18.2 Å². The molecule has 0 aliphatic carbocycles. The van der Waals surface area contributed by atoms with Crippen LogP contribution in [-0.4, -0.2) is 35.2 Å². The second kappa shape index (κ2) is 6.50. The second-order valence-corrected chi connectivity index (χ2v) is 4.81. The molecule has 1 heterocycles. The van der Waals surface area contributed by atoms with Crippen LogP contribution in [0.4, 0.5) is 0 Å². The fraction of sp³-hybridized carbons (Fsp3) is 0.176. The third-order valence-corrected chi connectivity index (χ3v) is 3.49. The number of ether oxygens (including phenoxy) is 2. The normalized spacial score (nSPS) is 11.3. The van der Waals surface area contributed by atoms with Crippen LogP contribution in [0.3, 0.4) is 0 Å². The van der Waals surface area contributed by atoms with Crippen molar-refractivity contribution in [2.75, 3.05) is 14.2 Å². The van der Waals surface area contributed by atoms with E-state index in [2.05, 4.69) is 10.1 Å². The van der Waals surface area contributed by atoms with Crippen LogP contribution in [0.2, 0.25) is 0 Å². The summed E-state index contributed by atoms with van der Waals surface area (Å²) in [6.45, 7) is -0.193. The maximum absolute atomic E-state index is 9.50. The van der Waals surface area contributed by atoms with Crippen LogP contribution in [0, 0.1) is 0 Å². The Kier molecular flexibility index (Phi) is 4.25. The maximum atomic E-state index is 9.50. The Morgan fingerprint density at radius 3 is 2.70 bits per heavy atom. The summed E-state index contributed by atoms with van der Waals surface area (Å²) in [5, 5.41) is 14.0. The van der Waals surface area contributed by atoms with Crippen molar-refractivity contribution in [3.8, 4) is 11.5 Å². The highest BCUT2D eigenvalue weighted by Crippen LogP contribution is 2.29. The van der Waals surface area contributed by atoms with Gasteiger partial charge in [0.1, 0.15) is 6.61 Å². The van der Waals surface area contributed by atoms with E-state index in [0.717, 1.165) is 16.6 Å². The Morgan fingerprint density at radius 1 is 1.13 bits per heavy atom. The van der Waals surface area contributed by atoms with E-state index in [1.165, 1.54) is 0 Å².